The van der Waals surface area contributed by atoms with Gasteiger partial charge >= 0.3 is 0 Å². The Morgan fingerprint density at radius 2 is 1.89 bits per heavy atom. The Morgan fingerprint density at radius 3 is 2.33 bits per heavy atom. The molecular formula is C14H21NO3. The van der Waals surface area contributed by atoms with Gasteiger partial charge in [-0.1, -0.05) is 6.92 Å². The van der Waals surface area contributed by atoms with Gasteiger partial charge in [-0.25, -0.2) is 0 Å². The van der Waals surface area contributed by atoms with Crippen LogP contribution in [-0.2, 0) is 0 Å². The molecule has 0 aliphatic heterocycles. The molecule has 1 aromatic rings. The fourth-order valence-corrected chi connectivity index (χ4v) is 1.92. The zero-order valence-electron chi connectivity index (χ0n) is 11.4. The highest BCUT2D eigenvalue weighted by Gasteiger charge is 2.21. The molecule has 0 aliphatic rings. The van der Waals surface area contributed by atoms with Gasteiger partial charge in [0, 0.05) is 12.5 Å². The fraction of sp³-hybridized carbons (Fsp3) is 0.500. The van der Waals surface area contributed by atoms with Gasteiger partial charge in [-0.05, 0) is 31.0 Å². The maximum absolute atomic E-state index is 12.4. The summed E-state index contributed by atoms with van der Waals surface area (Å²) in [5, 5.41) is 0. The number of benzene rings is 1. The van der Waals surface area contributed by atoms with E-state index in [1.54, 1.807) is 20.3 Å². The van der Waals surface area contributed by atoms with Crippen molar-refractivity contribution >= 4 is 5.78 Å². The van der Waals surface area contributed by atoms with Gasteiger partial charge in [0.15, 0.2) is 5.78 Å². The molecule has 4 heteroatoms. The molecule has 0 amide bonds. The molecule has 1 aromatic carbocycles. The standard InChI is InChI=1S/C14H21NO3/c1-5-10(8-15)14(16)11-7-12(17-3)9(2)6-13(11)18-4/h6-7,10H,5,8,15H2,1-4H3. The summed E-state index contributed by atoms with van der Waals surface area (Å²) in [6.45, 7) is 4.21. The lowest BCUT2D eigenvalue weighted by molar-refractivity contribution is 0.0918. The average molecular weight is 251 g/mol. The monoisotopic (exact) mass is 251 g/mol. The van der Waals surface area contributed by atoms with Crippen molar-refractivity contribution in [2.45, 2.75) is 20.3 Å². The summed E-state index contributed by atoms with van der Waals surface area (Å²) >= 11 is 0. The molecule has 18 heavy (non-hydrogen) atoms. The van der Waals surface area contributed by atoms with Crippen molar-refractivity contribution < 1.29 is 14.3 Å². The van der Waals surface area contributed by atoms with Gasteiger partial charge in [0.25, 0.3) is 0 Å². The second kappa shape index (κ2) is 6.40. The SMILES string of the molecule is CCC(CN)C(=O)c1cc(OC)c(C)cc1OC. The van der Waals surface area contributed by atoms with E-state index in [2.05, 4.69) is 0 Å². The van der Waals surface area contributed by atoms with Crippen molar-refractivity contribution in [2.24, 2.45) is 11.7 Å². The number of hydrogen-bond donors (Lipinski definition) is 1. The van der Waals surface area contributed by atoms with E-state index in [0.29, 0.717) is 30.0 Å². The summed E-state index contributed by atoms with van der Waals surface area (Å²) in [5.41, 5.74) is 7.10. The van der Waals surface area contributed by atoms with Crippen molar-refractivity contribution in [1.82, 2.24) is 0 Å². The van der Waals surface area contributed by atoms with Crippen LogP contribution in [0, 0.1) is 12.8 Å². The van der Waals surface area contributed by atoms with Gasteiger partial charge in [-0.15, -0.1) is 0 Å². The highest BCUT2D eigenvalue weighted by molar-refractivity contribution is 6.01. The highest BCUT2D eigenvalue weighted by atomic mass is 16.5. The molecule has 1 atom stereocenters. The molecule has 1 rings (SSSR count). The largest absolute Gasteiger partial charge is 0.496 e. The molecule has 1 unspecified atom stereocenters. The van der Waals surface area contributed by atoms with E-state index < -0.39 is 0 Å². The number of hydrogen-bond acceptors (Lipinski definition) is 4. The maximum Gasteiger partial charge on any atom is 0.171 e. The molecule has 0 fully saturated rings. The molecule has 100 valence electrons. The first-order valence-corrected chi connectivity index (χ1v) is 6.05. The average Bonchev–Trinajstić information content (AvgIpc) is 2.39. The summed E-state index contributed by atoms with van der Waals surface area (Å²) < 4.78 is 10.5. The van der Waals surface area contributed by atoms with E-state index >= 15 is 0 Å². The van der Waals surface area contributed by atoms with Crippen molar-refractivity contribution in [3.63, 3.8) is 0 Å². The number of ether oxygens (including phenoxy) is 2. The number of carbonyl (C=O) groups excluding carboxylic acids is 1. The van der Waals surface area contributed by atoms with Crippen LogP contribution >= 0.6 is 0 Å². The predicted molar refractivity (Wildman–Crippen MR) is 71.4 cm³/mol. The van der Waals surface area contributed by atoms with Crippen LogP contribution in [0.25, 0.3) is 0 Å². The van der Waals surface area contributed by atoms with Crippen LogP contribution in [-0.4, -0.2) is 26.5 Å². The number of rotatable bonds is 6. The Labute approximate surface area is 108 Å². The van der Waals surface area contributed by atoms with Crippen LogP contribution in [0.1, 0.15) is 29.3 Å². The minimum atomic E-state index is -0.175. The number of Topliss-reactive ketones (excluding diaryl/α,β-unsaturated/α-hetero) is 1. The first-order chi connectivity index (χ1) is 8.58. The summed E-state index contributed by atoms with van der Waals surface area (Å²) in [4.78, 5) is 12.4. The molecule has 0 aromatic heterocycles. The van der Waals surface area contributed by atoms with Crippen LogP contribution in [0.3, 0.4) is 0 Å². The number of ketones is 1. The molecular weight excluding hydrogens is 230 g/mol. The van der Waals surface area contributed by atoms with E-state index in [0.717, 1.165) is 5.56 Å². The molecule has 0 aliphatic carbocycles. The van der Waals surface area contributed by atoms with Gasteiger partial charge in [0.1, 0.15) is 11.5 Å². The first kappa shape index (κ1) is 14.5. The van der Waals surface area contributed by atoms with Gasteiger partial charge in [0.05, 0.1) is 19.8 Å². The molecule has 2 N–H and O–H groups in total. The van der Waals surface area contributed by atoms with E-state index in [1.165, 1.54) is 0 Å². The van der Waals surface area contributed by atoms with Crippen LogP contribution in [0.15, 0.2) is 12.1 Å². The first-order valence-electron chi connectivity index (χ1n) is 6.05. The van der Waals surface area contributed by atoms with Crippen molar-refractivity contribution in [3.8, 4) is 11.5 Å². The lowest BCUT2D eigenvalue weighted by atomic mass is 9.94. The highest BCUT2D eigenvalue weighted by Crippen LogP contribution is 2.30. The summed E-state index contributed by atoms with van der Waals surface area (Å²) in [6.07, 6.45) is 0.717. The third kappa shape index (κ3) is 2.82. The Hall–Kier alpha value is -1.55. The second-order valence-electron chi connectivity index (χ2n) is 4.23. The molecule has 0 bridgehead atoms. The molecule has 0 radical (unpaired) electrons. The van der Waals surface area contributed by atoms with E-state index in [9.17, 15) is 4.79 Å². The molecule has 0 heterocycles. The minimum Gasteiger partial charge on any atom is -0.496 e. The maximum atomic E-state index is 12.4. The molecule has 0 saturated heterocycles. The van der Waals surface area contributed by atoms with E-state index in [4.69, 9.17) is 15.2 Å². The molecule has 0 saturated carbocycles. The Morgan fingerprint density at radius 1 is 1.28 bits per heavy atom. The second-order valence-corrected chi connectivity index (χ2v) is 4.23. The lowest BCUT2D eigenvalue weighted by Gasteiger charge is -2.16. The summed E-state index contributed by atoms with van der Waals surface area (Å²) in [6, 6.07) is 3.55. The Bertz CT molecular complexity index is 425. The third-order valence-corrected chi connectivity index (χ3v) is 3.13. The van der Waals surface area contributed by atoms with Crippen LogP contribution < -0.4 is 15.2 Å². The van der Waals surface area contributed by atoms with Crippen molar-refractivity contribution in [1.29, 1.82) is 0 Å². The van der Waals surface area contributed by atoms with Crippen LogP contribution in [0.5, 0.6) is 11.5 Å². The zero-order chi connectivity index (χ0) is 13.7. The number of carbonyl (C=O) groups is 1. The normalized spacial score (nSPS) is 12.1. The van der Waals surface area contributed by atoms with Gasteiger partial charge in [0.2, 0.25) is 0 Å². The minimum absolute atomic E-state index is 0.00940. The Balaban J connectivity index is 3.25. The summed E-state index contributed by atoms with van der Waals surface area (Å²) in [7, 11) is 3.14. The predicted octanol–water partition coefficient (Wildman–Crippen LogP) is 2.18. The Kier molecular flexibility index (Phi) is 5.16. The van der Waals surface area contributed by atoms with E-state index in [1.807, 2.05) is 19.9 Å². The topological polar surface area (TPSA) is 61.6 Å². The lowest BCUT2D eigenvalue weighted by Crippen LogP contribution is -2.23. The van der Waals surface area contributed by atoms with Gasteiger partial charge < -0.3 is 15.2 Å². The molecule has 0 spiro atoms. The number of nitrogens with two attached hydrogens (primary N) is 1. The number of aryl methyl sites for hydroxylation is 1. The fourth-order valence-electron chi connectivity index (χ4n) is 1.92. The smallest absolute Gasteiger partial charge is 0.171 e. The quantitative estimate of drug-likeness (QED) is 0.787. The molecule has 4 nitrogen and oxygen atoms in total. The number of methoxy groups -OCH3 is 2. The van der Waals surface area contributed by atoms with Crippen molar-refractivity contribution in [3.05, 3.63) is 23.3 Å². The van der Waals surface area contributed by atoms with Crippen molar-refractivity contribution in [2.75, 3.05) is 20.8 Å². The van der Waals surface area contributed by atoms with Gasteiger partial charge in [-0.3, -0.25) is 4.79 Å². The van der Waals surface area contributed by atoms with E-state index in [-0.39, 0.29) is 11.7 Å². The third-order valence-electron chi connectivity index (χ3n) is 3.13. The van der Waals surface area contributed by atoms with Crippen LogP contribution in [0.2, 0.25) is 0 Å². The van der Waals surface area contributed by atoms with Crippen LogP contribution in [0.4, 0.5) is 0 Å². The zero-order valence-corrected chi connectivity index (χ0v) is 11.4. The summed E-state index contributed by atoms with van der Waals surface area (Å²) in [5.74, 6) is 1.10. The van der Waals surface area contributed by atoms with Gasteiger partial charge in [-0.2, -0.15) is 0 Å².